The average Bonchev–Trinajstić information content (AvgIpc) is 2.52. The van der Waals surface area contributed by atoms with E-state index in [0.717, 1.165) is 3.79 Å². The number of carbonyl (C=O) groups is 1. The van der Waals surface area contributed by atoms with E-state index in [1.54, 1.807) is 6.07 Å². The molecule has 14 heavy (non-hydrogen) atoms. The van der Waals surface area contributed by atoms with Gasteiger partial charge >= 0.3 is 0 Å². The summed E-state index contributed by atoms with van der Waals surface area (Å²) in [6, 6.07) is 5.49. The number of amides is 1. The van der Waals surface area contributed by atoms with E-state index < -0.39 is 0 Å². The number of carbonyl (C=O) groups excluding carboxylic acids is 1. The summed E-state index contributed by atoms with van der Waals surface area (Å²) in [7, 11) is 0. The Morgan fingerprint density at radius 3 is 3.00 bits per heavy atom. The van der Waals surface area contributed by atoms with Crippen molar-refractivity contribution in [3.63, 3.8) is 0 Å². The predicted molar refractivity (Wildman–Crippen MR) is 59.2 cm³/mol. The molecule has 5 heteroatoms. The second-order valence-electron chi connectivity index (χ2n) is 2.84. The standard InChI is InChI=1S/C9H9BrN2OS/c1-6(4-5-11)12-9(13)7-2-3-8(10)14-7/h2-3,6H,4H2,1H3,(H,12,13). The van der Waals surface area contributed by atoms with E-state index in [-0.39, 0.29) is 11.9 Å². The number of nitriles is 1. The summed E-state index contributed by atoms with van der Waals surface area (Å²) in [6.45, 7) is 1.81. The first-order chi connectivity index (χ1) is 6.63. The Balaban J connectivity index is 2.55. The number of thiophene rings is 1. The first kappa shape index (κ1) is 11.2. The summed E-state index contributed by atoms with van der Waals surface area (Å²) in [4.78, 5) is 12.2. The van der Waals surface area contributed by atoms with Gasteiger partial charge in [0.2, 0.25) is 0 Å². The van der Waals surface area contributed by atoms with E-state index in [1.165, 1.54) is 11.3 Å². The van der Waals surface area contributed by atoms with Crippen LogP contribution >= 0.6 is 27.3 Å². The van der Waals surface area contributed by atoms with Crippen molar-refractivity contribution in [2.75, 3.05) is 0 Å². The molecule has 1 N–H and O–H groups in total. The molecule has 0 aliphatic carbocycles. The van der Waals surface area contributed by atoms with E-state index in [4.69, 9.17) is 5.26 Å². The minimum atomic E-state index is -0.122. The van der Waals surface area contributed by atoms with Crippen LogP contribution in [0.5, 0.6) is 0 Å². The second-order valence-corrected chi connectivity index (χ2v) is 5.30. The van der Waals surface area contributed by atoms with Crippen LogP contribution in [-0.2, 0) is 0 Å². The molecule has 0 aliphatic rings. The van der Waals surface area contributed by atoms with E-state index >= 15 is 0 Å². The highest BCUT2D eigenvalue weighted by atomic mass is 79.9. The summed E-state index contributed by atoms with van der Waals surface area (Å²) >= 11 is 4.66. The van der Waals surface area contributed by atoms with Gasteiger partial charge in [-0.2, -0.15) is 5.26 Å². The molecule has 1 rings (SSSR count). The van der Waals surface area contributed by atoms with Crippen molar-refractivity contribution in [1.82, 2.24) is 5.32 Å². The fraction of sp³-hybridized carbons (Fsp3) is 0.333. The minimum Gasteiger partial charge on any atom is -0.348 e. The molecule has 1 atom stereocenters. The fourth-order valence-corrected chi connectivity index (χ4v) is 2.21. The first-order valence-electron chi connectivity index (χ1n) is 4.06. The van der Waals surface area contributed by atoms with Crippen molar-refractivity contribution in [2.24, 2.45) is 0 Å². The minimum absolute atomic E-state index is 0.103. The van der Waals surface area contributed by atoms with Crippen LogP contribution in [0.3, 0.4) is 0 Å². The van der Waals surface area contributed by atoms with E-state index in [1.807, 2.05) is 19.1 Å². The van der Waals surface area contributed by atoms with Crippen molar-refractivity contribution < 1.29 is 4.79 Å². The third-order valence-corrected chi connectivity index (χ3v) is 3.19. The molecule has 0 aliphatic heterocycles. The third-order valence-electron chi connectivity index (χ3n) is 1.57. The van der Waals surface area contributed by atoms with Crippen molar-refractivity contribution in [2.45, 2.75) is 19.4 Å². The Bertz CT molecular complexity index is 369. The van der Waals surface area contributed by atoms with Crippen LogP contribution in [0.25, 0.3) is 0 Å². The molecular weight excluding hydrogens is 264 g/mol. The van der Waals surface area contributed by atoms with Gasteiger partial charge < -0.3 is 5.32 Å². The Hall–Kier alpha value is -0.860. The molecule has 1 unspecified atom stereocenters. The summed E-state index contributed by atoms with van der Waals surface area (Å²) in [5.41, 5.74) is 0. The van der Waals surface area contributed by atoms with Crippen molar-refractivity contribution in [3.8, 4) is 6.07 Å². The highest BCUT2D eigenvalue weighted by Gasteiger charge is 2.10. The normalized spacial score (nSPS) is 11.8. The predicted octanol–water partition coefficient (Wildman–Crippen LogP) is 2.54. The monoisotopic (exact) mass is 272 g/mol. The first-order valence-corrected chi connectivity index (χ1v) is 5.67. The van der Waals surface area contributed by atoms with Gasteiger partial charge in [0.15, 0.2) is 0 Å². The van der Waals surface area contributed by atoms with Gasteiger partial charge in [-0.05, 0) is 35.0 Å². The van der Waals surface area contributed by atoms with Gasteiger partial charge in [-0.1, -0.05) is 0 Å². The number of hydrogen-bond donors (Lipinski definition) is 1. The lowest BCUT2D eigenvalue weighted by molar-refractivity contribution is 0.0945. The Kier molecular flexibility index (Phi) is 4.11. The Labute approximate surface area is 94.9 Å². The fourth-order valence-electron chi connectivity index (χ4n) is 0.919. The quantitative estimate of drug-likeness (QED) is 0.920. The number of nitrogens with zero attached hydrogens (tertiary/aromatic N) is 1. The third kappa shape index (κ3) is 3.13. The molecule has 0 saturated carbocycles. The molecule has 0 spiro atoms. The number of nitrogens with one attached hydrogen (secondary N) is 1. The van der Waals surface area contributed by atoms with Crippen LogP contribution in [0.15, 0.2) is 15.9 Å². The van der Waals surface area contributed by atoms with Crippen molar-refractivity contribution >= 4 is 33.2 Å². The Morgan fingerprint density at radius 1 is 1.79 bits per heavy atom. The van der Waals surface area contributed by atoms with Crippen LogP contribution < -0.4 is 5.32 Å². The zero-order valence-corrected chi connectivity index (χ0v) is 9.98. The lowest BCUT2D eigenvalue weighted by atomic mass is 10.2. The van der Waals surface area contributed by atoms with Gasteiger partial charge in [0, 0.05) is 6.04 Å². The molecular formula is C9H9BrN2OS. The largest absolute Gasteiger partial charge is 0.348 e. The highest BCUT2D eigenvalue weighted by molar-refractivity contribution is 9.11. The van der Waals surface area contributed by atoms with E-state index in [9.17, 15) is 4.79 Å². The number of halogens is 1. The lowest BCUT2D eigenvalue weighted by Crippen LogP contribution is -2.31. The van der Waals surface area contributed by atoms with Gasteiger partial charge in [-0.15, -0.1) is 11.3 Å². The van der Waals surface area contributed by atoms with Crippen LogP contribution in [0.2, 0.25) is 0 Å². The second kappa shape index (κ2) is 5.13. The van der Waals surface area contributed by atoms with Crippen LogP contribution in [-0.4, -0.2) is 11.9 Å². The van der Waals surface area contributed by atoms with Crippen LogP contribution in [0.1, 0.15) is 23.0 Å². The maximum Gasteiger partial charge on any atom is 0.261 e. The van der Waals surface area contributed by atoms with Gasteiger partial charge in [-0.3, -0.25) is 4.79 Å². The zero-order valence-electron chi connectivity index (χ0n) is 7.58. The number of hydrogen-bond acceptors (Lipinski definition) is 3. The molecule has 0 fully saturated rings. The average molecular weight is 273 g/mol. The SMILES string of the molecule is CC(CC#N)NC(=O)c1ccc(Br)s1. The highest BCUT2D eigenvalue weighted by Crippen LogP contribution is 2.21. The molecule has 0 aromatic carbocycles. The van der Waals surface area contributed by atoms with Crippen molar-refractivity contribution in [1.29, 1.82) is 5.26 Å². The maximum atomic E-state index is 11.5. The summed E-state index contributed by atoms with van der Waals surface area (Å²) in [5, 5.41) is 11.2. The molecule has 0 radical (unpaired) electrons. The molecule has 74 valence electrons. The summed E-state index contributed by atoms with van der Waals surface area (Å²) < 4.78 is 0.926. The smallest absolute Gasteiger partial charge is 0.261 e. The van der Waals surface area contributed by atoms with E-state index in [2.05, 4.69) is 21.2 Å². The van der Waals surface area contributed by atoms with Crippen LogP contribution in [0.4, 0.5) is 0 Å². The number of rotatable bonds is 3. The van der Waals surface area contributed by atoms with Gasteiger partial charge in [-0.25, -0.2) is 0 Å². The molecule has 1 heterocycles. The van der Waals surface area contributed by atoms with Gasteiger partial charge in [0.05, 0.1) is 21.2 Å². The molecule has 1 amide bonds. The lowest BCUT2D eigenvalue weighted by Gasteiger charge is -2.08. The maximum absolute atomic E-state index is 11.5. The zero-order chi connectivity index (χ0) is 10.6. The molecule has 1 aromatic heterocycles. The summed E-state index contributed by atoms with van der Waals surface area (Å²) in [5.74, 6) is -0.122. The van der Waals surface area contributed by atoms with E-state index in [0.29, 0.717) is 11.3 Å². The molecule has 0 saturated heterocycles. The topological polar surface area (TPSA) is 52.9 Å². The van der Waals surface area contributed by atoms with Crippen molar-refractivity contribution in [3.05, 3.63) is 20.8 Å². The summed E-state index contributed by atoms with van der Waals surface area (Å²) in [6.07, 6.45) is 0.332. The molecule has 3 nitrogen and oxygen atoms in total. The molecule has 1 aromatic rings. The Morgan fingerprint density at radius 2 is 2.50 bits per heavy atom. The molecule has 0 bridgehead atoms. The van der Waals surface area contributed by atoms with Crippen LogP contribution in [0, 0.1) is 11.3 Å². The van der Waals surface area contributed by atoms with Gasteiger partial charge in [0.25, 0.3) is 5.91 Å². The van der Waals surface area contributed by atoms with Gasteiger partial charge in [0.1, 0.15) is 0 Å².